The molecule has 0 radical (unpaired) electrons. The SMILES string of the molecule is CC1CC(C(F)(F)F)C(C(F)(F)F)C1.CC1CC(C(F)(F)F)C[C@@H](C)C1.CC1CCC(C(F)(F)F)[C@@H]1C.CC1CCCC(C)C1C.CCC(C(F)(F)F)C(F)(F)F.CCC(C)(C)C(F)(F)F.CCCC(C(F)(F)F)C(F)(F)F.CCCC(C)(C)F.CCCC(C)C(F)(F)F.[2H]C([2H])(C)C(C)(C)C(F)(F)F. The van der Waals surface area contributed by atoms with Crippen LogP contribution in [0, 0.1) is 99.6 Å². The van der Waals surface area contributed by atoms with Crippen LogP contribution in [0.15, 0.2) is 0 Å². The lowest BCUT2D eigenvalue weighted by Gasteiger charge is -2.32. The highest BCUT2D eigenvalue weighted by Crippen LogP contribution is 2.53. The molecular weight excluding hydrogens is 1470 g/mol. The summed E-state index contributed by atoms with van der Waals surface area (Å²) in [6, 6.07) is 0. The normalized spacial score (nSPS) is 25.6. The molecule has 4 rings (SSSR count). The van der Waals surface area contributed by atoms with Gasteiger partial charge in [0.05, 0.1) is 40.4 Å². The molecule has 0 aromatic rings. The molecule has 9 unspecified atom stereocenters. The van der Waals surface area contributed by atoms with Gasteiger partial charge in [-0.25, -0.2) is 4.39 Å². The molecule has 0 aromatic heterocycles. The van der Waals surface area contributed by atoms with Crippen molar-refractivity contribution in [2.24, 2.45) is 99.6 Å². The quantitative estimate of drug-likeness (QED) is 0.202. The summed E-state index contributed by atoms with van der Waals surface area (Å²) in [5.41, 5.74) is -4.76. The molecule has 4 fully saturated rings. The van der Waals surface area contributed by atoms with E-state index in [4.69, 9.17) is 2.74 Å². The largest absolute Gasteiger partial charge is 0.400 e. The van der Waals surface area contributed by atoms with E-state index in [2.05, 4.69) is 20.8 Å². The highest BCUT2D eigenvalue weighted by Gasteiger charge is 2.59. The first-order chi connectivity index (χ1) is 45.9. The molecule has 34 heteroatoms. The zero-order chi connectivity index (χ0) is 85.9. The van der Waals surface area contributed by atoms with Gasteiger partial charge in [-0.15, -0.1) is 0 Å². The Morgan fingerprint density at radius 2 is 0.660 bits per heavy atom. The van der Waals surface area contributed by atoms with E-state index in [1.807, 2.05) is 27.7 Å². The molecular formula is C69H116F34. The second-order valence-corrected chi connectivity index (χ2v) is 29.6. The Kier molecular flexibility index (Phi) is 47.5. The van der Waals surface area contributed by atoms with Gasteiger partial charge in [0.1, 0.15) is 11.6 Å². The minimum atomic E-state index is -5.17. The lowest BCUT2D eigenvalue weighted by atomic mass is 9.75. The third-order valence-electron chi connectivity index (χ3n) is 19.0. The third-order valence-corrected chi connectivity index (χ3v) is 19.0. The van der Waals surface area contributed by atoms with Gasteiger partial charge < -0.3 is 0 Å². The summed E-state index contributed by atoms with van der Waals surface area (Å²) in [6.07, 6.45) is -46.1. The Hall–Kier alpha value is -2.38. The van der Waals surface area contributed by atoms with Gasteiger partial charge in [0.15, 0.2) is 5.92 Å². The molecule has 0 aliphatic heterocycles. The predicted molar refractivity (Wildman–Crippen MR) is 335 cm³/mol. The number of rotatable bonds is 9. The molecule has 0 aromatic carbocycles. The Labute approximate surface area is 591 Å². The van der Waals surface area contributed by atoms with Crippen molar-refractivity contribution in [2.75, 3.05) is 0 Å². The average molecular weight is 1590 g/mol. The van der Waals surface area contributed by atoms with Crippen LogP contribution in [0.1, 0.15) is 270 Å². The van der Waals surface area contributed by atoms with E-state index < -0.39 is 164 Å². The van der Waals surface area contributed by atoms with Crippen molar-refractivity contribution in [1.29, 1.82) is 0 Å². The predicted octanol–water partition coefficient (Wildman–Crippen LogP) is 31.9. The fourth-order valence-electron chi connectivity index (χ4n) is 10.9. The van der Waals surface area contributed by atoms with Crippen LogP contribution in [0.25, 0.3) is 0 Å². The number of halogens is 34. The van der Waals surface area contributed by atoms with Crippen molar-refractivity contribution in [2.45, 2.75) is 341 Å². The Balaban J connectivity index is -0.000000261. The molecule has 0 bridgehead atoms. The summed E-state index contributed by atoms with van der Waals surface area (Å²) in [7, 11) is 0. The van der Waals surface area contributed by atoms with Gasteiger partial charge in [-0.3, -0.25) is 0 Å². The van der Waals surface area contributed by atoms with Crippen LogP contribution in [0.2, 0.25) is 0 Å². The molecule has 0 nitrogen and oxygen atoms in total. The molecule has 4 saturated carbocycles. The fourth-order valence-corrected chi connectivity index (χ4v) is 10.9. The second-order valence-electron chi connectivity index (χ2n) is 29.6. The molecule has 0 saturated heterocycles. The molecule has 0 N–H and O–H groups in total. The standard InChI is InChI=1S/C9H15F3.C9H18.C8H10F6.C8H13F3.C6H8F6.3C6H11F3.C6H13F.C5H6F6/c1-6-3-7(2)5-8(4-6)9(10,11)12;1-7-5-4-6-8(2)9(7)3;1-4-2-5(7(9,10)11)6(3-4)8(12,13)14;1-5-3-4-7(6(5)2)8(9,10)11;1-2-3-4(5(7,8)9)6(10,11)12;2*1-4-5(2,3)6(7,8)9;1-3-4-5(2)6(7,8)9;1-4-5-6(2,3)7;1-2-3(4(6,7)8)5(9,10)11/h6-8H,3-5H2,1-2H3;7-9H,4-6H2,1-3H3;4-6H,2-3H2,1H3;5-7H,3-4H2,1-2H3;4H,2-3H2,1H3;2*4H2,1-3H3;5H,3-4H2,1-2H3;4-5H2,1-3H3;3H,2H2,1H3/t6-,7?,8?;;;5?,6-,7?;;;;;;/m0..1....../s1/i;;;;;4D2;;;;. The second kappa shape index (κ2) is 45.7. The van der Waals surface area contributed by atoms with Gasteiger partial charge in [0.25, 0.3) is 0 Å². The summed E-state index contributed by atoms with van der Waals surface area (Å²) in [5, 5.41) is 0. The first kappa shape index (κ1) is 107. The van der Waals surface area contributed by atoms with E-state index in [-0.39, 0.29) is 42.9 Å². The van der Waals surface area contributed by atoms with Crippen LogP contribution in [0.4, 0.5) is 149 Å². The molecule has 0 heterocycles. The van der Waals surface area contributed by atoms with Crippen LogP contribution >= 0.6 is 0 Å². The van der Waals surface area contributed by atoms with E-state index in [1.54, 1.807) is 27.7 Å². The average Bonchev–Trinajstić information content (AvgIpc) is 1.56. The number of hydrogen-bond acceptors (Lipinski definition) is 0. The van der Waals surface area contributed by atoms with Crippen molar-refractivity contribution in [3.05, 3.63) is 0 Å². The maximum Gasteiger partial charge on any atom is 0.400 e. The summed E-state index contributed by atoms with van der Waals surface area (Å²) >= 11 is 0. The van der Waals surface area contributed by atoms with E-state index in [1.165, 1.54) is 60.8 Å². The summed E-state index contributed by atoms with van der Waals surface area (Å²) in [5.74, 6) is -11.1. The van der Waals surface area contributed by atoms with Gasteiger partial charge >= 0.3 is 67.9 Å². The first-order valence-corrected chi connectivity index (χ1v) is 34.3. The van der Waals surface area contributed by atoms with Crippen molar-refractivity contribution in [3.8, 4) is 0 Å². The summed E-state index contributed by atoms with van der Waals surface area (Å²) in [6.45, 7) is 32.9. The highest BCUT2D eigenvalue weighted by atomic mass is 19.5. The zero-order valence-electron chi connectivity index (χ0n) is 64.7. The minimum Gasteiger partial charge on any atom is -0.245 e. The number of alkyl halides is 34. The van der Waals surface area contributed by atoms with Crippen LogP contribution in [-0.2, 0) is 0 Å². The third kappa shape index (κ3) is 49.4. The van der Waals surface area contributed by atoms with Gasteiger partial charge in [-0.05, 0) is 145 Å². The monoisotopic (exact) mass is 1590 g/mol. The van der Waals surface area contributed by atoms with E-state index in [9.17, 15) is 149 Å². The summed E-state index contributed by atoms with van der Waals surface area (Å²) in [4.78, 5) is 0. The van der Waals surface area contributed by atoms with E-state index >= 15 is 0 Å². The molecule has 11 atom stereocenters. The lowest BCUT2D eigenvalue weighted by Crippen LogP contribution is -2.36. The zero-order valence-corrected chi connectivity index (χ0v) is 62.7. The summed E-state index contributed by atoms with van der Waals surface area (Å²) < 4.78 is 419. The van der Waals surface area contributed by atoms with E-state index in [0.717, 1.165) is 64.7 Å². The van der Waals surface area contributed by atoms with E-state index in [0.29, 0.717) is 32.1 Å². The van der Waals surface area contributed by atoms with Crippen LogP contribution < -0.4 is 0 Å². The molecule has 4 aliphatic carbocycles. The molecule has 0 spiro atoms. The first-order valence-electron chi connectivity index (χ1n) is 35.3. The van der Waals surface area contributed by atoms with Gasteiger partial charge in [0, 0.05) is 2.74 Å². The number of hydrogen-bond donors (Lipinski definition) is 0. The Morgan fingerprint density at radius 1 is 0.340 bits per heavy atom. The van der Waals surface area contributed by atoms with Gasteiger partial charge in [-0.1, -0.05) is 170 Å². The topological polar surface area (TPSA) is 0 Å². The van der Waals surface area contributed by atoms with Crippen molar-refractivity contribution in [3.63, 3.8) is 0 Å². The highest BCUT2D eigenvalue weighted by molar-refractivity contribution is 4.90. The van der Waals surface area contributed by atoms with Crippen molar-refractivity contribution in [1.82, 2.24) is 0 Å². The minimum absolute atomic E-state index is 0.135. The Bertz CT molecular complexity index is 2110. The Morgan fingerprint density at radius 3 is 0.796 bits per heavy atom. The molecule has 103 heavy (non-hydrogen) atoms. The van der Waals surface area contributed by atoms with Crippen LogP contribution in [0.3, 0.4) is 0 Å². The molecule has 4 aliphatic rings. The maximum atomic E-state index is 12.4. The lowest BCUT2D eigenvalue weighted by molar-refractivity contribution is -0.286. The van der Waals surface area contributed by atoms with Gasteiger partial charge in [-0.2, -0.15) is 145 Å². The van der Waals surface area contributed by atoms with Crippen molar-refractivity contribution >= 4 is 0 Å². The fraction of sp³-hybridized carbons (Fsp3) is 1.00. The van der Waals surface area contributed by atoms with Crippen LogP contribution in [-0.4, -0.2) is 73.6 Å². The molecule has 630 valence electrons. The smallest absolute Gasteiger partial charge is 0.245 e. The molecule has 0 amide bonds. The van der Waals surface area contributed by atoms with Crippen LogP contribution in [0.5, 0.6) is 0 Å². The maximum absolute atomic E-state index is 12.4. The van der Waals surface area contributed by atoms with Gasteiger partial charge in [0.2, 0.25) is 0 Å². The van der Waals surface area contributed by atoms with Crippen molar-refractivity contribution < 1.29 is 152 Å².